The molecule has 9 heteroatoms. The molecule has 0 spiro atoms. The molecule has 0 aliphatic rings. The van der Waals surface area contributed by atoms with E-state index in [-0.39, 0.29) is 30.5 Å². The van der Waals surface area contributed by atoms with Gasteiger partial charge in [-0.15, -0.1) is 0 Å². The summed E-state index contributed by atoms with van der Waals surface area (Å²) in [4.78, 5) is 28.9. The van der Waals surface area contributed by atoms with Crippen molar-refractivity contribution in [3.05, 3.63) is 101 Å². The Labute approximate surface area is 237 Å². The summed E-state index contributed by atoms with van der Waals surface area (Å²) in [7, 11) is -3.86. The Bertz CT molecular complexity index is 1380. The quantitative estimate of drug-likeness (QED) is 0.324. The number of carbonyl (C=O) groups excluding carboxylic acids is 2. The van der Waals surface area contributed by atoms with Gasteiger partial charge >= 0.3 is 0 Å². The number of rotatable bonds is 13. The fraction of sp³-hybridized carbons (Fsp3) is 0.355. The zero-order valence-electron chi connectivity index (χ0n) is 23.5. The molecule has 0 saturated carbocycles. The number of aryl methyl sites for hydroxylation is 1. The van der Waals surface area contributed by atoms with E-state index >= 15 is 0 Å². The first-order valence-electron chi connectivity index (χ1n) is 13.5. The molecule has 0 bridgehead atoms. The van der Waals surface area contributed by atoms with Gasteiger partial charge in [0.15, 0.2) is 0 Å². The van der Waals surface area contributed by atoms with E-state index in [1.54, 1.807) is 30.3 Å². The molecule has 3 aromatic carbocycles. The van der Waals surface area contributed by atoms with Gasteiger partial charge in [0.1, 0.15) is 18.4 Å². The van der Waals surface area contributed by atoms with Gasteiger partial charge in [-0.05, 0) is 49.1 Å². The summed E-state index contributed by atoms with van der Waals surface area (Å²) < 4.78 is 41.5. The summed E-state index contributed by atoms with van der Waals surface area (Å²) in [5, 5.41) is 2.96. The number of hydrogen-bond acceptors (Lipinski definition) is 4. The van der Waals surface area contributed by atoms with E-state index in [9.17, 15) is 22.4 Å². The average molecular weight is 568 g/mol. The molecule has 0 aliphatic carbocycles. The van der Waals surface area contributed by atoms with Crippen LogP contribution in [0, 0.1) is 5.82 Å². The molecule has 0 fully saturated rings. The second kappa shape index (κ2) is 14.1. The lowest BCUT2D eigenvalue weighted by molar-refractivity contribution is -0.140. The van der Waals surface area contributed by atoms with Crippen molar-refractivity contribution in [2.75, 3.05) is 17.1 Å². The molecule has 0 aliphatic heterocycles. The highest BCUT2D eigenvalue weighted by Gasteiger charge is 2.33. The van der Waals surface area contributed by atoms with Crippen LogP contribution in [0.25, 0.3) is 0 Å². The number of benzene rings is 3. The van der Waals surface area contributed by atoms with Gasteiger partial charge in [-0.25, -0.2) is 12.8 Å². The topological polar surface area (TPSA) is 86.8 Å². The fourth-order valence-corrected chi connectivity index (χ4v) is 5.17. The van der Waals surface area contributed by atoms with Gasteiger partial charge in [0.2, 0.25) is 21.8 Å². The van der Waals surface area contributed by atoms with Crippen LogP contribution in [0.15, 0.2) is 78.9 Å². The maximum atomic E-state index is 14.8. The van der Waals surface area contributed by atoms with Crippen LogP contribution in [0.3, 0.4) is 0 Å². The number of nitrogens with one attached hydrogen (secondary N) is 1. The van der Waals surface area contributed by atoms with Crippen LogP contribution in [0.5, 0.6) is 0 Å². The van der Waals surface area contributed by atoms with Gasteiger partial charge in [-0.1, -0.05) is 74.5 Å². The van der Waals surface area contributed by atoms with Crippen molar-refractivity contribution in [1.29, 1.82) is 0 Å². The second-order valence-corrected chi connectivity index (χ2v) is 11.8. The van der Waals surface area contributed by atoms with E-state index in [0.29, 0.717) is 12.1 Å². The van der Waals surface area contributed by atoms with Crippen LogP contribution in [-0.4, -0.2) is 50.0 Å². The highest BCUT2D eigenvalue weighted by Crippen LogP contribution is 2.22. The number of anilines is 1. The maximum Gasteiger partial charge on any atom is 0.244 e. The number of halogens is 1. The zero-order valence-corrected chi connectivity index (χ0v) is 24.3. The minimum atomic E-state index is -3.86. The lowest BCUT2D eigenvalue weighted by Crippen LogP contribution is -2.54. The Balaban J connectivity index is 2.06. The van der Waals surface area contributed by atoms with E-state index in [1.807, 2.05) is 63.2 Å². The third-order valence-electron chi connectivity index (χ3n) is 6.88. The molecule has 2 amide bonds. The number of amides is 2. The third-order valence-corrected chi connectivity index (χ3v) is 8.02. The van der Waals surface area contributed by atoms with Gasteiger partial charge in [-0.2, -0.15) is 0 Å². The van der Waals surface area contributed by atoms with Gasteiger partial charge < -0.3 is 10.2 Å². The first kappa shape index (κ1) is 30.8. The van der Waals surface area contributed by atoms with E-state index in [0.717, 1.165) is 28.1 Å². The number of hydrogen-bond donors (Lipinski definition) is 1. The minimum Gasteiger partial charge on any atom is -0.352 e. The van der Waals surface area contributed by atoms with E-state index < -0.39 is 34.3 Å². The number of sulfonamides is 1. The maximum absolute atomic E-state index is 14.8. The van der Waals surface area contributed by atoms with Crippen molar-refractivity contribution in [3.8, 4) is 0 Å². The molecule has 214 valence electrons. The highest BCUT2D eigenvalue weighted by atomic mass is 32.2. The molecule has 3 rings (SSSR count). The van der Waals surface area contributed by atoms with Gasteiger partial charge in [0.25, 0.3) is 0 Å². The summed E-state index contributed by atoms with van der Waals surface area (Å²) in [6.07, 6.45) is 2.67. The van der Waals surface area contributed by atoms with E-state index in [4.69, 9.17) is 0 Å². The smallest absolute Gasteiger partial charge is 0.244 e. The standard InChI is InChI=1S/C31H38FN3O4S/c1-5-23(3)33-31(37)29(20-25-12-8-7-9-13-25)34(21-26-14-10-11-15-28(26)32)30(36)22-35(40(4,38)39)27-18-16-24(6-2)17-19-27/h7-19,23,29H,5-6,20-22H2,1-4H3,(H,33,37)/t23-,29-/m0/s1. The van der Waals surface area contributed by atoms with Crippen LogP contribution in [0.2, 0.25) is 0 Å². The van der Waals surface area contributed by atoms with Crippen molar-refractivity contribution in [1.82, 2.24) is 10.2 Å². The molecule has 7 nitrogen and oxygen atoms in total. The van der Waals surface area contributed by atoms with E-state index in [2.05, 4.69) is 5.32 Å². The molecule has 0 heterocycles. The fourth-order valence-electron chi connectivity index (χ4n) is 4.32. The average Bonchev–Trinajstić information content (AvgIpc) is 2.94. The van der Waals surface area contributed by atoms with Crippen molar-refractivity contribution in [3.63, 3.8) is 0 Å². The summed E-state index contributed by atoms with van der Waals surface area (Å²) in [6.45, 7) is 5.05. The van der Waals surface area contributed by atoms with Gasteiger partial charge in [-0.3, -0.25) is 13.9 Å². The van der Waals surface area contributed by atoms with Crippen LogP contribution in [-0.2, 0) is 39.0 Å². The summed E-state index contributed by atoms with van der Waals surface area (Å²) in [6, 6.07) is 21.1. The molecular formula is C31H38FN3O4S. The zero-order chi connectivity index (χ0) is 29.3. The SMILES string of the molecule is CCc1ccc(N(CC(=O)N(Cc2ccccc2F)[C@@H](Cc2ccccc2)C(=O)N[C@@H](C)CC)S(C)(=O)=O)cc1. The first-order chi connectivity index (χ1) is 19.0. The first-order valence-corrected chi connectivity index (χ1v) is 15.3. The van der Waals surface area contributed by atoms with Crippen molar-refractivity contribution in [2.45, 2.75) is 58.7 Å². The van der Waals surface area contributed by atoms with Crippen LogP contribution >= 0.6 is 0 Å². The molecule has 1 N–H and O–H groups in total. The molecule has 0 radical (unpaired) electrons. The van der Waals surface area contributed by atoms with Crippen LogP contribution < -0.4 is 9.62 Å². The lowest BCUT2D eigenvalue weighted by Gasteiger charge is -2.34. The largest absolute Gasteiger partial charge is 0.352 e. The molecule has 40 heavy (non-hydrogen) atoms. The Morgan fingerprint density at radius 3 is 2.10 bits per heavy atom. The van der Waals surface area contributed by atoms with Crippen molar-refractivity contribution in [2.24, 2.45) is 0 Å². The summed E-state index contributed by atoms with van der Waals surface area (Å²) >= 11 is 0. The van der Waals surface area contributed by atoms with Gasteiger partial charge in [0.05, 0.1) is 11.9 Å². The predicted octanol–water partition coefficient (Wildman–Crippen LogP) is 4.71. The molecular weight excluding hydrogens is 529 g/mol. The number of nitrogens with zero attached hydrogens (tertiary/aromatic N) is 2. The van der Waals surface area contributed by atoms with Crippen molar-refractivity contribution < 1.29 is 22.4 Å². The molecule has 3 aromatic rings. The Kier molecular flexibility index (Phi) is 10.8. The molecule has 0 saturated heterocycles. The molecule has 0 unspecified atom stereocenters. The number of carbonyl (C=O) groups is 2. The van der Waals surface area contributed by atoms with Crippen LogP contribution in [0.4, 0.5) is 10.1 Å². The third kappa shape index (κ3) is 8.39. The summed E-state index contributed by atoms with van der Waals surface area (Å²) in [5.74, 6) is -1.52. The minimum absolute atomic E-state index is 0.152. The predicted molar refractivity (Wildman–Crippen MR) is 157 cm³/mol. The van der Waals surface area contributed by atoms with Crippen molar-refractivity contribution >= 4 is 27.5 Å². The Hall–Kier alpha value is -3.72. The van der Waals surface area contributed by atoms with Crippen LogP contribution in [0.1, 0.15) is 43.9 Å². The monoisotopic (exact) mass is 567 g/mol. The van der Waals surface area contributed by atoms with Gasteiger partial charge in [0, 0.05) is 24.6 Å². The highest BCUT2D eigenvalue weighted by molar-refractivity contribution is 7.92. The lowest BCUT2D eigenvalue weighted by atomic mass is 10.0. The molecule has 0 aromatic heterocycles. The second-order valence-electron chi connectivity index (χ2n) is 9.93. The normalized spacial score (nSPS) is 12.8. The summed E-state index contributed by atoms with van der Waals surface area (Å²) in [5.41, 5.74) is 2.40. The molecule has 2 atom stereocenters. The Morgan fingerprint density at radius 1 is 0.900 bits per heavy atom. The van der Waals surface area contributed by atoms with E-state index in [1.165, 1.54) is 11.0 Å². The Morgan fingerprint density at radius 2 is 1.52 bits per heavy atom.